The molecule has 1 heterocycles. The Kier molecular flexibility index (Phi) is 5.44. The lowest BCUT2D eigenvalue weighted by molar-refractivity contribution is -0.160. The van der Waals surface area contributed by atoms with E-state index in [2.05, 4.69) is 14.7 Å². The summed E-state index contributed by atoms with van der Waals surface area (Å²) in [6.07, 6.45) is 2.86. The number of esters is 2. The highest BCUT2D eigenvalue weighted by atomic mass is 32.2. The van der Waals surface area contributed by atoms with Crippen LogP contribution in [0, 0.1) is 0 Å². The number of carbonyl (C=O) groups excluding carboxylic acids is 2. The van der Waals surface area contributed by atoms with E-state index in [9.17, 15) is 22.6 Å². The molecule has 0 spiro atoms. The van der Waals surface area contributed by atoms with Crippen molar-refractivity contribution in [3.8, 4) is 0 Å². The van der Waals surface area contributed by atoms with Gasteiger partial charge in [0.2, 0.25) is 5.25 Å². The van der Waals surface area contributed by atoms with Gasteiger partial charge < -0.3 is 15.5 Å². The third-order valence-electron chi connectivity index (χ3n) is 3.11. The van der Waals surface area contributed by atoms with E-state index in [4.69, 9.17) is 5.73 Å². The van der Waals surface area contributed by atoms with Crippen LogP contribution in [0.5, 0.6) is 0 Å². The Morgan fingerprint density at radius 2 is 1.92 bits per heavy atom. The van der Waals surface area contributed by atoms with E-state index < -0.39 is 33.3 Å². The van der Waals surface area contributed by atoms with E-state index in [0.717, 1.165) is 0 Å². The van der Waals surface area contributed by atoms with Gasteiger partial charge in [-0.25, -0.2) is 14.6 Å². The molecule has 0 aliphatic rings. The second-order valence-corrected chi connectivity index (χ2v) is 6.43. The predicted molar refractivity (Wildman–Crippen MR) is 82.1 cm³/mol. The lowest BCUT2D eigenvalue weighted by Gasteiger charge is -2.14. The Bertz CT molecular complexity index is 804. The predicted octanol–water partition coefficient (Wildman–Crippen LogP) is -0.0216. The molecule has 0 aliphatic carbocycles. The number of rotatable bonds is 6. The number of H-pyrrole nitrogens is 1. The molecular formula is C14H15N3O6S. The van der Waals surface area contributed by atoms with Gasteiger partial charge in [-0.2, -0.15) is 8.42 Å². The zero-order valence-electron chi connectivity index (χ0n) is 12.3. The van der Waals surface area contributed by atoms with E-state index in [1.165, 1.54) is 36.8 Å². The summed E-state index contributed by atoms with van der Waals surface area (Å²) in [7, 11) is -4.82. The Balaban J connectivity index is 2.12. The summed E-state index contributed by atoms with van der Waals surface area (Å²) in [5, 5.41) is -2.03. The molecule has 0 amide bonds. The first kappa shape index (κ1) is 17.8. The zero-order valence-corrected chi connectivity index (χ0v) is 13.1. The minimum absolute atomic E-state index is 0.0218. The van der Waals surface area contributed by atoms with Crippen molar-refractivity contribution in [2.45, 2.75) is 17.7 Å². The molecule has 0 unspecified atom stereocenters. The minimum Gasteiger partial charge on any atom is -0.391 e. The molecule has 0 saturated heterocycles. The second kappa shape index (κ2) is 7.34. The third-order valence-corrected chi connectivity index (χ3v) is 4.17. The minimum atomic E-state index is -4.82. The van der Waals surface area contributed by atoms with E-state index in [0.29, 0.717) is 5.69 Å². The van der Waals surface area contributed by atoms with Crippen molar-refractivity contribution in [2.75, 3.05) is 0 Å². The summed E-state index contributed by atoms with van der Waals surface area (Å²) in [4.78, 5) is 30.4. The van der Waals surface area contributed by atoms with Crippen LogP contribution in [0.3, 0.4) is 0 Å². The number of nitrogens with one attached hydrogen (secondary N) is 1. The number of benzene rings is 1. The fourth-order valence-electron chi connectivity index (χ4n) is 2.00. The molecule has 0 saturated carbocycles. The van der Waals surface area contributed by atoms with E-state index in [1.807, 2.05) is 0 Å². The van der Waals surface area contributed by atoms with Crippen molar-refractivity contribution in [3.05, 3.63) is 54.1 Å². The Morgan fingerprint density at radius 1 is 1.25 bits per heavy atom. The molecule has 0 bridgehead atoms. The van der Waals surface area contributed by atoms with Gasteiger partial charge >= 0.3 is 11.9 Å². The van der Waals surface area contributed by atoms with Crippen molar-refractivity contribution < 1.29 is 27.3 Å². The Hall–Kier alpha value is -2.56. The third kappa shape index (κ3) is 4.47. The summed E-state index contributed by atoms with van der Waals surface area (Å²) in [5.74, 6) is -2.53. The van der Waals surface area contributed by atoms with Gasteiger partial charge in [-0.3, -0.25) is 4.55 Å². The molecule has 10 heteroatoms. The maximum Gasteiger partial charge on any atom is 0.339 e. The first-order valence-electron chi connectivity index (χ1n) is 6.78. The highest BCUT2D eigenvalue weighted by molar-refractivity contribution is 7.86. The van der Waals surface area contributed by atoms with Crippen LogP contribution in [0.1, 0.15) is 16.5 Å². The molecule has 4 N–H and O–H groups in total. The van der Waals surface area contributed by atoms with Gasteiger partial charge in [-0.1, -0.05) is 30.3 Å². The van der Waals surface area contributed by atoms with Crippen LogP contribution in [0.4, 0.5) is 0 Å². The fraction of sp³-hybridized carbons (Fsp3) is 0.214. The first-order chi connectivity index (χ1) is 11.3. The molecule has 1 aromatic heterocycles. The van der Waals surface area contributed by atoms with Crippen LogP contribution in [-0.4, -0.2) is 40.9 Å². The number of ether oxygens (including phenoxy) is 1. The monoisotopic (exact) mass is 353 g/mol. The average Bonchev–Trinajstić information content (AvgIpc) is 2.99. The molecule has 0 fully saturated rings. The quantitative estimate of drug-likeness (QED) is 0.372. The molecule has 1 aromatic carbocycles. The van der Waals surface area contributed by atoms with Gasteiger partial charge in [-0.15, -0.1) is 0 Å². The van der Waals surface area contributed by atoms with Crippen molar-refractivity contribution >= 4 is 22.1 Å². The van der Waals surface area contributed by atoms with Gasteiger partial charge in [0.05, 0.1) is 6.33 Å². The lowest BCUT2D eigenvalue weighted by Crippen LogP contribution is -2.37. The highest BCUT2D eigenvalue weighted by Gasteiger charge is 2.36. The lowest BCUT2D eigenvalue weighted by atomic mass is 10.1. The number of hydrogen-bond donors (Lipinski definition) is 3. The van der Waals surface area contributed by atoms with Crippen LogP contribution in [0.15, 0.2) is 42.9 Å². The largest absolute Gasteiger partial charge is 0.391 e. The van der Waals surface area contributed by atoms with E-state index in [-0.39, 0.29) is 12.0 Å². The highest BCUT2D eigenvalue weighted by Crippen LogP contribution is 2.23. The summed E-state index contributed by atoms with van der Waals surface area (Å²) in [6.45, 7) is 0. The topological polar surface area (TPSA) is 152 Å². The fourth-order valence-corrected chi connectivity index (χ4v) is 2.79. The molecule has 9 nitrogen and oxygen atoms in total. The maximum absolute atomic E-state index is 12.0. The zero-order chi connectivity index (χ0) is 17.7. The Labute approximate surface area is 137 Å². The summed E-state index contributed by atoms with van der Waals surface area (Å²) in [6, 6.07) is 5.98. The van der Waals surface area contributed by atoms with Crippen molar-refractivity contribution in [3.63, 3.8) is 0 Å². The van der Waals surface area contributed by atoms with Crippen LogP contribution in [-0.2, 0) is 30.9 Å². The smallest absolute Gasteiger partial charge is 0.339 e. The number of nitrogens with two attached hydrogens (primary N) is 1. The maximum atomic E-state index is 12.0. The molecule has 0 radical (unpaired) electrons. The normalized spacial score (nSPS) is 13.9. The number of aromatic nitrogens is 2. The second-order valence-electron chi connectivity index (χ2n) is 4.93. The number of hydrogen-bond acceptors (Lipinski definition) is 7. The van der Waals surface area contributed by atoms with Gasteiger partial charge in [0.25, 0.3) is 10.1 Å². The standard InChI is InChI=1S/C14H15N3O6S/c15-11(6-10-7-16-8-17-10)13(18)23-14(19)12(24(20,21)22)9-4-2-1-3-5-9/h1-5,7-8,11-12H,6,15H2,(H,16,17)(H,20,21,22)/t11-,12+/m0/s1. The van der Waals surface area contributed by atoms with Gasteiger partial charge in [0.15, 0.2) is 0 Å². The molecule has 2 rings (SSSR count). The molecular weight excluding hydrogens is 338 g/mol. The van der Waals surface area contributed by atoms with Crippen molar-refractivity contribution in [1.29, 1.82) is 0 Å². The van der Waals surface area contributed by atoms with Crippen LogP contribution in [0.2, 0.25) is 0 Å². The summed E-state index contributed by atoms with van der Waals surface area (Å²) in [5.41, 5.74) is 6.13. The van der Waals surface area contributed by atoms with Gasteiger partial charge in [0, 0.05) is 18.3 Å². The summed E-state index contributed by atoms with van der Waals surface area (Å²) < 4.78 is 36.8. The van der Waals surface area contributed by atoms with Crippen molar-refractivity contribution in [2.24, 2.45) is 5.73 Å². The SMILES string of the molecule is N[C@@H](Cc1cnc[nH]1)C(=O)OC(=O)[C@@H](c1ccccc1)S(=O)(=O)O. The number of imidazole rings is 1. The molecule has 128 valence electrons. The first-order valence-corrected chi connectivity index (χ1v) is 8.29. The van der Waals surface area contributed by atoms with E-state index in [1.54, 1.807) is 6.07 Å². The molecule has 2 aromatic rings. The van der Waals surface area contributed by atoms with Gasteiger partial charge in [0.1, 0.15) is 6.04 Å². The van der Waals surface area contributed by atoms with Crippen LogP contribution >= 0.6 is 0 Å². The van der Waals surface area contributed by atoms with Crippen molar-refractivity contribution in [1.82, 2.24) is 9.97 Å². The summed E-state index contributed by atoms with van der Waals surface area (Å²) >= 11 is 0. The number of nitrogens with zero attached hydrogens (tertiary/aromatic N) is 1. The Morgan fingerprint density at radius 3 is 2.46 bits per heavy atom. The molecule has 24 heavy (non-hydrogen) atoms. The molecule has 2 atom stereocenters. The van der Waals surface area contributed by atoms with Gasteiger partial charge in [-0.05, 0) is 5.56 Å². The number of carbonyl (C=O) groups is 2. The van der Waals surface area contributed by atoms with E-state index >= 15 is 0 Å². The van der Waals surface area contributed by atoms with Crippen LogP contribution in [0.25, 0.3) is 0 Å². The number of aromatic amines is 1. The van der Waals surface area contributed by atoms with Crippen LogP contribution < -0.4 is 5.73 Å². The average molecular weight is 353 g/mol. The molecule has 0 aliphatic heterocycles.